The average molecular weight is 366 g/mol. The number of benzene rings is 1. The highest BCUT2D eigenvalue weighted by Crippen LogP contribution is 2.26. The molecule has 1 unspecified atom stereocenters. The predicted molar refractivity (Wildman–Crippen MR) is 94.4 cm³/mol. The number of carboxylic acids is 1. The monoisotopic (exact) mass is 366 g/mol. The van der Waals surface area contributed by atoms with Crippen LogP contribution in [-0.4, -0.2) is 49.0 Å². The van der Waals surface area contributed by atoms with Crippen LogP contribution < -0.4 is 20.1 Å². The van der Waals surface area contributed by atoms with Gasteiger partial charge in [-0.3, -0.25) is 4.79 Å². The summed E-state index contributed by atoms with van der Waals surface area (Å²) in [6.07, 6.45) is 1.49. The molecule has 0 radical (unpaired) electrons. The molecule has 0 heterocycles. The van der Waals surface area contributed by atoms with Gasteiger partial charge < -0.3 is 30.3 Å². The molecule has 26 heavy (non-hydrogen) atoms. The van der Waals surface area contributed by atoms with Gasteiger partial charge >= 0.3 is 12.0 Å². The second-order valence-electron chi connectivity index (χ2n) is 6.40. The van der Waals surface area contributed by atoms with Gasteiger partial charge in [0.2, 0.25) is 0 Å². The van der Waals surface area contributed by atoms with Gasteiger partial charge in [0.15, 0.2) is 0 Å². The Balaban J connectivity index is 1.81. The van der Waals surface area contributed by atoms with E-state index in [1.54, 1.807) is 18.2 Å². The zero-order valence-corrected chi connectivity index (χ0v) is 15.0. The summed E-state index contributed by atoms with van der Waals surface area (Å²) in [5.74, 6) is 0.0156. The van der Waals surface area contributed by atoms with Gasteiger partial charge in [-0.15, -0.1) is 0 Å². The number of rotatable bonds is 7. The van der Waals surface area contributed by atoms with E-state index in [1.807, 2.05) is 0 Å². The Labute approximate surface area is 152 Å². The van der Waals surface area contributed by atoms with E-state index in [0.29, 0.717) is 42.7 Å². The molecule has 1 fully saturated rings. The van der Waals surface area contributed by atoms with Gasteiger partial charge in [-0.1, -0.05) is 0 Å². The van der Waals surface area contributed by atoms with Crippen molar-refractivity contribution < 1.29 is 29.3 Å². The molecule has 1 atom stereocenters. The molecule has 2 rings (SSSR count). The van der Waals surface area contributed by atoms with Gasteiger partial charge in [-0.05, 0) is 43.4 Å². The number of methoxy groups -OCH3 is 2. The van der Waals surface area contributed by atoms with Crippen molar-refractivity contribution in [2.24, 2.45) is 5.92 Å². The van der Waals surface area contributed by atoms with Gasteiger partial charge in [-0.25, -0.2) is 4.79 Å². The lowest BCUT2D eigenvalue weighted by atomic mass is 9.86. The summed E-state index contributed by atoms with van der Waals surface area (Å²) in [5.41, 5.74) is 0.573. The normalized spacial score (nSPS) is 20.7. The number of nitrogens with one attached hydrogen (secondary N) is 2. The maximum atomic E-state index is 12.0. The molecule has 1 saturated carbocycles. The van der Waals surface area contributed by atoms with E-state index in [2.05, 4.69) is 10.6 Å². The van der Waals surface area contributed by atoms with E-state index >= 15 is 0 Å². The highest BCUT2D eigenvalue weighted by molar-refractivity contribution is 5.74. The van der Waals surface area contributed by atoms with E-state index in [9.17, 15) is 14.7 Å². The van der Waals surface area contributed by atoms with Gasteiger partial charge in [0.25, 0.3) is 0 Å². The van der Waals surface area contributed by atoms with E-state index in [0.717, 1.165) is 0 Å². The summed E-state index contributed by atoms with van der Waals surface area (Å²) in [6, 6.07) is 4.64. The Kier molecular flexibility index (Phi) is 7.08. The van der Waals surface area contributed by atoms with Crippen LogP contribution in [0.3, 0.4) is 0 Å². The van der Waals surface area contributed by atoms with Crippen LogP contribution in [0, 0.1) is 5.92 Å². The minimum atomic E-state index is -0.910. The third-order valence-electron chi connectivity index (χ3n) is 4.63. The molecule has 8 nitrogen and oxygen atoms in total. The number of urea groups is 1. The molecule has 1 aromatic rings. The van der Waals surface area contributed by atoms with Crippen LogP contribution in [0.4, 0.5) is 4.79 Å². The maximum Gasteiger partial charge on any atom is 0.315 e. The van der Waals surface area contributed by atoms with Crippen molar-refractivity contribution in [1.82, 2.24) is 10.6 Å². The first-order valence-electron chi connectivity index (χ1n) is 8.61. The van der Waals surface area contributed by atoms with Crippen LogP contribution in [0.1, 0.15) is 37.4 Å². The molecule has 144 valence electrons. The first-order chi connectivity index (χ1) is 12.4. The summed E-state index contributed by atoms with van der Waals surface area (Å²) >= 11 is 0. The number of amides is 2. The molecule has 0 spiro atoms. The number of carbonyl (C=O) groups excluding carboxylic acids is 1. The molecule has 4 N–H and O–H groups in total. The summed E-state index contributed by atoms with van der Waals surface area (Å²) in [5, 5.41) is 24.7. The lowest BCUT2D eigenvalue weighted by Crippen LogP contribution is -2.45. The van der Waals surface area contributed by atoms with Crippen LogP contribution in [0.15, 0.2) is 18.2 Å². The lowest BCUT2D eigenvalue weighted by Gasteiger charge is -2.27. The number of carbonyl (C=O) groups is 2. The topological polar surface area (TPSA) is 117 Å². The van der Waals surface area contributed by atoms with Crippen molar-refractivity contribution in [2.45, 2.75) is 37.8 Å². The molecule has 0 aromatic heterocycles. The fourth-order valence-corrected chi connectivity index (χ4v) is 3.05. The van der Waals surface area contributed by atoms with Crippen LogP contribution >= 0.6 is 0 Å². The molecular formula is C18H26N2O6. The molecule has 1 aromatic carbocycles. The number of aliphatic carboxylic acids is 1. The van der Waals surface area contributed by atoms with E-state index < -0.39 is 12.1 Å². The Morgan fingerprint density at radius 2 is 1.69 bits per heavy atom. The van der Waals surface area contributed by atoms with Crippen LogP contribution in [0.2, 0.25) is 0 Å². The molecule has 1 aliphatic rings. The number of hydrogen-bond acceptors (Lipinski definition) is 5. The average Bonchev–Trinajstić information content (AvgIpc) is 2.65. The summed E-state index contributed by atoms with van der Waals surface area (Å²) in [6.45, 7) is 0.0344. The van der Waals surface area contributed by atoms with Gasteiger partial charge in [0.05, 0.1) is 26.2 Å². The SMILES string of the molecule is COc1cc(OC)cc(C(O)CNC(=O)NC2CCC(C(=O)O)CC2)c1. The second kappa shape index (κ2) is 9.28. The van der Waals surface area contributed by atoms with Gasteiger partial charge in [0, 0.05) is 18.7 Å². The third-order valence-corrected chi connectivity index (χ3v) is 4.63. The summed E-state index contributed by atoms with van der Waals surface area (Å²) in [7, 11) is 3.05. The Hall–Kier alpha value is -2.48. The molecule has 2 amide bonds. The fraction of sp³-hybridized carbons (Fsp3) is 0.556. The fourth-order valence-electron chi connectivity index (χ4n) is 3.05. The quantitative estimate of drug-likeness (QED) is 0.583. The lowest BCUT2D eigenvalue weighted by molar-refractivity contribution is -0.142. The highest BCUT2D eigenvalue weighted by Gasteiger charge is 2.26. The zero-order chi connectivity index (χ0) is 19.1. The Bertz CT molecular complexity index is 606. The molecule has 8 heteroatoms. The molecule has 0 aliphatic heterocycles. The number of aliphatic hydroxyl groups excluding tert-OH is 1. The minimum Gasteiger partial charge on any atom is -0.497 e. The Morgan fingerprint density at radius 3 is 2.19 bits per heavy atom. The van der Waals surface area contributed by atoms with Crippen LogP contribution in [0.5, 0.6) is 11.5 Å². The second-order valence-corrected chi connectivity index (χ2v) is 6.40. The number of aliphatic hydroxyl groups is 1. The van der Waals surface area contributed by atoms with E-state index in [4.69, 9.17) is 14.6 Å². The Morgan fingerprint density at radius 1 is 1.12 bits per heavy atom. The van der Waals surface area contributed by atoms with Gasteiger partial charge in [0.1, 0.15) is 11.5 Å². The predicted octanol–water partition coefficient (Wildman–Crippen LogP) is 1.68. The summed E-state index contributed by atoms with van der Waals surface area (Å²) < 4.78 is 10.3. The highest BCUT2D eigenvalue weighted by atomic mass is 16.5. The number of hydrogen-bond donors (Lipinski definition) is 4. The summed E-state index contributed by atoms with van der Waals surface area (Å²) in [4.78, 5) is 23.0. The van der Waals surface area contributed by atoms with Gasteiger partial charge in [-0.2, -0.15) is 0 Å². The van der Waals surface area contributed by atoms with Crippen molar-refractivity contribution in [2.75, 3.05) is 20.8 Å². The first kappa shape index (κ1) is 19.8. The van der Waals surface area contributed by atoms with Crippen molar-refractivity contribution in [3.63, 3.8) is 0 Å². The van der Waals surface area contributed by atoms with Crippen LogP contribution in [-0.2, 0) is 4.79 Å². The molecular weight excluding hydrogens is 340 g/mol. The maximum absolute atomic E-state index is 12.0. The molecule has 0 bridgehead atoms. The molecule has 0 saturated heterocycles. The van der Waals surface area contributed by atoms with Crippen LogP contribution in [0.25, 0.3) is 0 Å². The van der Waals surface area contributed by atoms with Crippen molar-refractivity contribution in [3.8, 4) is 11.5 Å². The smallest absolute Gasteiger partial charge is 0.315 e. The van der Waals surface area contributed by atoms with Crippen molar-refractivity contribution in [3.05, 3.63) is 23.8 Å². The first-order valence-corrected chi connectivity index (χ1v) is 8.61. The van der Waals surface area contributed by atoms with Crippen molar-refractivity contribution >= 4 is 12.0 Å². The zero-order valence-electron chi connectivity index (χ0n) is 15.0. The third kappa shape index (κ3) is 5.52. The number of carboxylic acid groups (broad SMARTS) is 1. The minimum absolute atomic E-state index is 0.0344. The van der Waals surface area contributed by atoms with E-state index in [1.165, 1.54) is 14.2 Å². The van der Waals surface area contributed by atoms with Crippen molar-refractivity contribution in [1.29, 1.82) is 0 Å². The molecule has 1 aliphatic carbocycles. The standard InChI is InChI=1S/C18H26N2O6/c1-25-14-7-12(8-15(9-14)26-2)16(21)10-19-18(24)20-13-5-3-11(4-6-13)17(22)23/h7-9,11,13,16,21H,3-6,10H2,1-2H3,(H,22,23)(H2,19,20,24). The largest absolute Gasteiger partial charge is 0.497 e. The van der Waals surface area contributed by atoms with E-state index in [-0.39, 0.29) is 24.5 Å². The number of ether oxygens (including phenoxy) is 2.